The minimum absolute atomic E-state index is 0.0559. The van der Waals surface area contributed by atoms with Gasteiger partial charge in [0.05, 0.1) is 11.5 Å². The molecule has 1 saturated carbocycles. The molecule has 0 bridgehead atoms. The summed E-state index contributed by atoms with van der Waals surface area (Å²) >= 11 is 0. The maximum absolute atomic E-state index is 14.6. The Balaban J connectivity index is 1.40. The van der Waals surface area contributed by atoms with Crippen molar-refractivity contribution in [2.75, 3.05) is 13.1 Å². The first-order valence-corrected chi connectivity index (χ1v) is 11.3. The molecule has 1 aliphatic carbocycles. The Bertz CT molecular complexity index is 1000. The first kappa shape index (κ1) is 23.5. The third-order valence-corrected chi connectivity index (χ3v) is 6.66. The van der Waals surface area contributed by atoms with E-state index in [0.717, 1.165) is 31.7 Å². The molecule has 4 rings (SSSR count). The van der Waals surface area contributed by atoms with Crippen molar-refractivity contribution in [3.05, 3.63) is 64.5 Å². The number of nitrogens with zero attached hydrogens (tertiary/aromatic N) is 1. The van der Waals surface area contributed by atoms with E-state index in [1.165, 1.54) is 6.07 Å². The van der Waals surface area contributed by atoms with Crippen molar-refractivity contribution >= 4 is 5.97 Å². The minimum Gasteiger partial charge on any atom is -0.489 e. The second-order valence-corrected chi connectivity index (χ2v) is 9.00. The molecule has 1 saturated heterocycles. The topological polar surface area (TPSA) is 49.8 Å². The first-order valence-electron chi connectivity index (χ1n) is 11.3. The van der Waals surface area contributed by atoms with Gasteiger partial charge in [-0.05, 0) is 55.0 Å². The van der Waals surface area contributed by atoms with Crippen LogP contribution in [0.5, 0.6) is 5.75 Å². The number of carbonyl (C=O) groups is 1. The number of likely N-dealkylation sites (tertiary alicyclic amines) is 1. The zero-order chi connectivity index (χ0) is 23.6. The van der Waals surface area contributed by atoms with E-state index in [0.29, 0.717) is 42.7 Å². The van der Waals surface area contributed by atoms with Crippen molar-refractivity contribution in [1.82, 2.24) is 4.90 Å². The zero-order valence-electron chi connectivity index (χ0n) is 18.2. The van der Waals surface area contributed by atoms with Crippen LogP contribution in [-0.4, -0.2) is 29.1 Å². The molecule has 1 atom stereocenters. The number of carboxylic acid groups (broad SMARTS) is 1. The van der Waals surface area contributed by atoms with Crippen LogP contribution in [0, 0.1) is 11.7 Å². The Morgan fingerprint density at radius 3 is 2.48 bits per heavy atom. The molecule has 2 aromatic rings. The number of rotatable bonds is 7. The number of ether oxygens (including phenoxy) is 1. The fourth-order valence-electron chi connectivity index (χ4n) is 4.86. The lowest BCUT2D eigenvalue weighted by molar-refractivity contribution is -0.141. The predicted octanol–water partition coefficient (Wildman–Crippen LogP) is 5.99. The summed E-state index contributed by atoms with van der Waals surface area (Å²) < 4.78 is 61.1. The molecule has 178 valence electrons. The van der Waals surface area contributed by atoms with Crippen molar-refractivity contribution < 1.29 is 32.2 Å². The minimum atomic E-state index is -4.43. The highest BCUT2D eigenvalue weighted by Crippen LogP contribution is 2.42. The molecular formula is C25H27F4NO3. The molecule has 0 amide bonds. The van der Waals surface area contributed by atoms with Crippen LogP contribution in [0.3, 0.4) is 0 Å². The summed E-state index contributed by atoms with van der Waals surface area (Å²) in [5.41, 5.74) is 0.549. The Morgan fingerprint density at radius 1 is 1.09 bits per heavy atom. The van der Waals surface area contributed by atoms with Gasteiger partial charge in [-0.3, -0.25) is 9.69 Å². The highest BCUT2D eigenvalue weighted by Gasteiger charge is 2.36. The molecular weight excluding hydrogens is 438 g/mol. The normalized spacial score (nSPS) is 19.8. The molecule has 4 nitrogen and oxygen atoms in total. The van der Waals surface area contributed by atoms with E-state index in [1.54, 1.807) is 24.3 Å². The van der Waals surface area contributed by atoms with Gasteiger partial charge in [0.15, 0.2) is 0 Å². The molecule has 1 aliphatic heterocycles. The average Bonchev–Trinajstić information content (AvgIpc) is 3.45. The Hall–Kier alpha value is -2.61. The van der Waals surface area contributed by atoms with Crippen molar-refractivity contribution in [2.45, 2.75) is 57.3 Å². The first-order chi connectivity index (χ1) is 15.7. The van der Waals surface area contributed by atoms with Crippen LogP contribution in [0.1, 0.15) is 60.3 Å². The lowest BCUT2D eigenvalue weighted by Crippen LogP contribution is -2.23. The third-order valence-electron chi connectivity index (χ3n) is 6.66. The van der Waals surface area contributed by atoms with Crippen LogP contribution in [-0.2, 0) is 24.1 Å². The number of alkyl halides is 3. The lowest BCUT2D eigenvalue weighted by atomic mass is 9.91. The summed E-state index contributed by atoms with van der Waals surface area (Å²) in [6, 6.07) is 8.73. The van der Waals surface area contributed by atoms with Crippen LogP contribution in [0.15, 0.2) is 36.4 Å². The molecule has 0 spiro atoms. The zero-order valence-corrected chi connectivity index (χ0v) is 18.2. The van der Waals surface area contributed by atoms with E-state index >= 15 is 0 Å². The molecule has 0 radical (unpaired) electrons. The van der Waals surface area contributed by atoms with Gasteiger partial charge in [0.2, 0.25) is 0 Å². The summed E-state index contributed by atoms with van der Waals surface area (Å²) in [5, 5.41) is 9.09. The van der Waals surface area contributed by atoms with Gasteiger partial charge in [0, 0.05) is 24.7 Å². The average molecular weight is 465 g/mol. The molecule has 2 fully saturated rings. The van der Waals surface area contributed by atoms with E-state index in [1.807, 2.05) is 4.90 Å². The number of hydrogen-bond acceptors (Lipinski definition) is 3. The van der Waals surface area contributed by atoms with Gasteiger partial charge in [-0.25, -0.2) is 4.39 Å². The van der Waals surface area contributed by atoms with Gasteiger partial charge in [0.1, 0.15) is 18.2 Å². The van der Waals surface area contributed by atoms with Crippen LogP contribution in [0.25, 0.3) is 0 Å². The summed E-state index contributed by atoms with van der Waals surface area (Å²) in [7, 11) is 0. The SMILES string of the molecule is O=C(O)C1CCN(Cc2ccc(OCc3ccc(C4CCCC4)c(C(F)(F)F)c3)cc2F)C1. The van der Waals surface area contributed by atoms with Crippen LogP contribution < -0.4 is 4.74 Å². The highest BCUT2D eigenvalue weighted by molar-refractivity contribution is 5.70. The van der Waals surface area contributed by atoms with Gasteiger partial charge < -0.3 is 9.84 Å². The van der Waals surface area contributed by atoms with E-state index in [2.05, 4.69) is 0 Å². The van der Waals surface area contributed by atoms with Crippen molar-refractivity contribution in [3.63, 3.8) is 0 Å². The second-order valence-electron chi connectivity index (χ2n) is 9.00. The molecule has 1 unspecified atom stereocenters. The van der Waals surface area contributed by atoms with E-state index in [-0.39, 0.29) is 18.3 Å². The summed E-state index contributed by atoms with van der Waals surface area (Å²) in [4.78, 5) is 13.0. The number of hydrogen-bond donors (Lipinski definition) is 1. The molecule has 1 heterocycles. The lowest BCUT2D eigenvalue weighted by Gasteiger charge is -2.19. The summed E-state index contributed by atoms with van der Waals surface area (Å²) in [6.07, 6.45) is -0.440. The van der Waals surface area contributed by atoms with Crippen LogP contribution >= 0.6 is 0 Å². The summed E-state index contributed by atoms with van der Waals surface area (Å²) in [6.45, 7) is 1.17. The molecule has 2 aliphatic rings. The standard InChI is InChI=1S/C25H27F4NO3/c26-23-12-20(7-6-18(23)13-30-10-9-19(14-30)24(31)32)33-15-16-5-8-21(17-3-1-2-4-17)22(11-16)25(27,28)29/h5-8,11-12,17,19H,1-4,9-10,13-15H2,(H,31,32). The smallest absolute Gasteiger partial charge is 0.416 e. The fourth-order valence-corrected chi connectivity index (χ4v) is 4.86. The van der Waals surface area contributed by atoms with Crippen molar-refractivity contribution in [2.24, 2.45) is 5.92 Å². The van der Waals surface area contributed by atoms with Gasteiger partial charge in [-0.2, -0.15) is 13.2 Å². The van der Waals surface area contributed by atoms with Crippen molar-refractivity contribution in [1.29, 1.82) is 0 Å². The molecule has 1 N–H and O–H groups in total. The van der Waals surface area contributed by atoms with E-state index < -0.39 is 29.4 Å². The Kier molecular flexibility index (Phi) is 6.93. The number of halogens is 4. The van der Waals surface area contributed by atoms with Gasteiger partial charge >= 0.3 is 12.1 Å². The molecule has 0 aromatic heterocycles. The molecule has 33 heavy (non-hydrogen) atoms. The van der Waals surface area contributed by atoms with Gasteiger partial charge in [-0.1, -0.05) is 31.0 Å². The Morgan fingerprint density at radius 2 is 1.85 bits per heavy atom. The highest BCUT2D eigenvalue weighted by atomic mass is 19.4. The molecule has 2 aromatic carbocycles. The van der Waals surface area contributed by atoms with Crippen molar-refractivity contribution in [3.8, 4) is 5.75 Å². The largest absolute Gasteiger partial charge is 0.489 e. The van der Waals surface area contributed by atoms with Gasteiger partial charge in [-0.15, -0.1) is 0 Å². The van der Waals surface area contributed by atoms with Gasteiger partial charge in [0.25, 0.3) is 0 Å². The number of aliphatic carboxylic acids is 1. The fraction of sp³-hybridized carbons (Fsp3) is 0.480. The second kappa shape index (κ2) is 9.71. The van der Waals surface area contributed by atoms with Crippen LogP contribution in [0.4, 0.5) is 17.6 Å². The third kappa shape index (κ3) is 5.66. The summed E-state index contributed by atoms with van der Waals surface area (Å²) in [5.74, 6) is -1.59. The Labute approximate surface area is 190 Å². The van der Waals surface area contributed by atoms with E-state index in [9.17, 15) is 22.4 Å². The predicted molar refractivity (Wildman–Crippen MR) is 114 cm³/mol. The number of benzene rings is 2. The maximum atomic E-state index is 14.6. The van der Waals surface area contributed by atoms with E-state index in [4.69, 9.17) is 9.84 Å². The monoisotopic (exact) mass is 465 g/mol. The quantitative estimate of drug-likeness (QED) is 0.511. The maximum Gasteiger partial charge on any atom is 0.416 e. The number of carboxylic acids is 1. The molecule has 8 heteroatoms. The van der Waals surface area contributed by atoms with Crippen LogP contribution in [0.2, 0.25) is 0 Å².